The van der Waals surface area contributed by atoms with Gasteiger partial charge in [-0.2, -0.15) is 0 Å². The van der Waals surface area contributed by atoms with E-state index in [0.29, 0.717) is 43.5 Å². The number of amides is 2. The molecule has 0 bridgehead atoms. The molecule has 1 aromatic rings. The normalized spacial score (nSPS) is 27.5. The molecule has 172 valence electrons. The van der Waals surface area contributed by atoms with E-state index in [0.717, 1.165) is 31.1 Å². The minimum atomic E-state index is -0.701. The topological polar surface area (TPSA) is 90.5 Å². The summed E-state index contributed by atoms with van der Waals surface area (Å²) in [5, 5.41) is 9.26. The van der Waals surface area contributed by atoms with Crippen molar-refractivity contribution in [3.63, 3.8) is 0 Å². The minimum absolute atomic E-state index is 0.0628. The number of halogens is 1. The molecule has 3 aliphatic rings. The van der Waals surface area contributed by atoms with E-state index in [2.05, 4.69) is 16.0 Å². The van der Waals surface area contributed by atoms with E-state index in [1.807, 2.05) is 11.0 Å². The van der Waals surface area contributed by atoms with Gasteiger partial charge in [-0.15, -0.1) is 0 Å². The average molecular weight is 461 g/mol. The molecule has 0 radical (unpaired) electrons. The van der Waals surface area contributed by atoms with Crippen molar-refractivity contribution in [1.82, 2.24) is 20.9 Å². The molecule has 2 saturated heterocycles. The fourth-order valence-corrected chi connectivity index (χ4v) is 5.63. The lowest BCUT2D eigenvalue weighted by atomic mass is 9.93. The maximum absolute atomic E-state index is 13.5. The smallest absolute Gasteiger partial charge is 0.243 e. The van der Waals surface area contributed by atoms with Crippen molar-refractivity contribution in [3.8, 4) is 0 Å². The summed E-state index contributed by atoms with van der Waals surface area (Å²) in [6.07, 6.45) is 4.78. The van der Waals surface area contributed by atoms with Gasteiger partial charge in [0.1, 0.15) is 18.1 Å². The van der Waals surface area contributed by atoms with E-state index in [1.165, 1.54) is 12.1 Å². The molecule has 5 atom stereocenters. The van der Waals surface area contributed by atoms with Crippen molar-refractivity contribution >= 4 is 35.4 Å². The molecule has 7 nitrogen and oxygen atoms in total. The SMILES string of the molecule is O=C[C@H](C[C@@H]1CCNC1=O)NC(=O)C1[C@@H]2CCC[C@H]2CN1C(=S)NCc1cccc(F)c1. The second-order valence-electron chi connectivity index (χ2n) is 9.00. The van der Waals surface area contributed by atoms with Gasteiger partial charge in [-0.05, 0) is 67.4 Å². The Morgan fingerprint density at radius 2 is 2.19 bits per heavy atom. The van der Waals surface area contributed by atoms with Crippen LogP contribution < -0.4 is 16.0 Å². The summed E-state index contributed by atoms with van der Waals surface area (Å²) in [6.45, 7) is 1.66. The van der Waals surface area contributed by atoms with Gasteiger partial charge in [-0.25, -0.2) is 4.39 Å². The first kappa shape index (κ1) is 22.6. The van der Waals surface area contributed by atoms with Crippen LogP contribution in [-0.4, -0.2) is 53.3 Å². The minimum Gasteiger partial charge on any atom is -0.358 e. The largest absolute Gasteiger partial charge is 0.358 e. The Morgan fingerprint density at radius 3 is 2.91 bits per heavy atom. The molecule has 32 heavy (non-hydrogen) atoms. The number of aldehydes is 1. The second-order valence-corrected chi connectivity index (χ2v) is 9.39. The van der Waals surface area contributed by atoms with Crippen molar-refractivity contribution in [3.05, 3.63) is 35.6 Å². The lowest BCUT2D eigenvalue weighted by molar-refractivity contribution is -0.129. The number of benzene rings is 1. The number of hydrogen-bond donors (Lipinski definition) is 3. The molecule has 2 heterocycles. The fraction of sp³-hybridized carbons (Fsp3) is 0.565. The number of fused-ring (bicyclic) bond motifs is 1. The lowest BCUT2D eigenvalue weighted by Gasteiger charge is -2.30. The number of nitrogens with one attached hydrogen (secondary N) is 3. The first-order valence-corrected chi connectivity index (χ1v) is 11.7. The summed E-state index contributed by atoms with van der Waals surface area (Å²) < 4.78 is 13.5. The molecule has 1 saturated carbocycles. The molecule has 2 aliphatic heterocycles. The van der Waals surface area contributed by atoms with Crippen molar-refractivity contribution in [2.75, 3.05) is 13.1 Å². The third-order valence-corrected chi connectivity index (χ3v) is 7.32. The Kier molecular flexibility index (Phi) is 7.03. The van der Waals surface area contributed by atoms with Crippen LogP contribution in [0.1, 0.15) is 37.7 Å². The molecule has 9 heteroatoms. The maximum Gasteiger partial charge on any atom is 0.243 e. The fourth-order valence-electron chi connectivity index (χ4n) is 5.37. The predicted molar refractivity (Wildman–Crippen MR) is 121 cm³/mol. The zero-order valence-electron chi connectivity index (χ0n) is 17.9. The third kappa shape index (κ3) is 4.92. The molecule has 2 amide bonds. The van der Waals surface area contributed by atoms with Gasteiger partial charge in [-0.1, -0.05) is 18.6 Å². The van der Waals surface area contributed by atoms with Crippen LogP contribution in [0.15, 0.2) is 24.3 Å². The molecule has 1 aliphatic carbocycles. The van der Waals surface area contributed by atoms with E-state index in [-0.39, 0.29) is 29.5 Å². The molecular weight excluding hydrogens is 431 g/mol. The van der Waals surface area contributed by atoms with Crippen molar-refractivity contribution in [2.24, 2.45) is 17.8 Å². The highest BCUT2D eigenvalue weighted by molar-refractivity contribution is 7.80. The van der Waals surface area contributed by atoms with Crippen molar-refractivity contribution in [1.29, 1.82) is 0 Å². The quantitative estimate of drug-likeness (QED) is 0.422. The Morgan fingerprint density at radius 1 is 1.34 bits per heavy atom. The van der Waals surface area contributed by atoms with Crippen LogP contribution in [0, 0.1) is 23.6 Å². The molecule has 1 unspecified atom stereocenters. The number of carbonyl (C=O) groups is 3. The van der Waals surface area contributed by atoms with Gasteiger partial charge in [0.2, 0.25) is 11.8 Å². The molecule has 0 spiro atoms. The molecule has 3 fully saturated rings. The zero-order valence-corrected chi connectivity index (χ0v) is 18.7. The van der Waals surface area contributed by atoms with Crippen LogP contribution in [0.3, 0.4) is 0 Å². The summed E-state index contributed by atoms with van der Waals surface area (Å²) in [7, 11) is 0. The van der Waals surface area contributed by atoms with E-state index in [1.54, 1.807) is 6.07 Å². The summed E-state index contributed by atoms with van der Waals surface area (Å²) in [4.78, 5) is 38.7. The summed E-state index contributed by atoms with van der Waals surface area (Å²) in [6, 6.07) is 5.16. The molecule has 1 aromatic carbocycles. The maximum atomic E-state index is 13.5. The van der Waals surface area contributed by atoms with E-state index in [4.69, 9.17) is 12.2 Å². The van der Waals surface area contributed by atoms with Gasteiger partial charge in [0.15, 0.2) is 5.11 Å². The van der Waals surface area contributed by atoms with E-state index < -0.39 is 12.1 Å². The Bertz CT molecular complexity index is 898. The molecule has 3 N–H and O–H groups in total. The number of nitrogens with zero attached hydrogens (tertiary/aromatic N) is 1. The van der Waals surface area contributed by atoms with Gasteiger partial charge >= 0.3 is 0 Å². The first-order chi connectivity index (χ1) is 15.5. The predicted octanol–water partition coefficient (Wildman–Crippen LogP) is 1.51. The van der Waals surface area contributed by atoms with E-state index >= 15 is 0 Å². The first-order valence-electron chi connectivity index (χ1n) is 11.3. The number of rotatable bonds is 7. The third-order valence-electron chi connectivity index (χ3n) is 6.95. The van der Waals surface area contributed by atoms with E-state index in [9.17, 15) is 18.8 Å². The van der Waals surface area contributed by atoms with Gasteiger partial charge in [-0.3, -0.25) is 9.59 Å². The van der Waals surface area contributed by atoms with Crippen LogP contribution in [0.5, 0.6) is 0 Å². The molecule has 0 aromatic heterocycles. The van der Waals surface area contributed by atoms with Crippen LogP contribution >= 0.6 is 12.2 Å². The Hall–Kier alpha value is -2.55. The van der Waals surface area contributed by atoms with Crippen LogP contribution in [0.2, 0.25) is 0 Å². The monoisotopic (exact) mass is 460 g/mol. The second kappa shape index (κ2) is 9.94. The average Bonchev–Trinajstić information content (AvgIpc) is 3.47. The highest BCUT2D eigenvalue weighted by Gasteiger charge is 2.48. The summed E-state index contributed by atoms with van der Waals surface area (Å²) in [5.41, 5.74) is 0.767. The Balaban J connectivity index is 1.41. The molecular formula is C23H29FN4O3S. The van der Waals surface area contributed by atoms with Crippen molar-refractivity contribution in [2.45, 2.75) is 50.7 Å². The number of hydrogen-bond acceptors (Lipinski definition) is 4. The van der Waals surface area contributed by atoms with Crippen LogP contribution in [-0.2, 0) is 20.9 Å². The lowest BCUT2D eigenvalue weighted by Crippen LogP contribution is -2.53. The van der Waals surface area contributed by atoms with Crippen LogP contribution in [0.4, 0.5) is 4.39 Å². The van der Waals surface area contributed by atoms with Gasteiger partial charge in [0.05, 0.1) is 6.04 Å². The van der Waals surface area contributed by atoms with Gasteiger partial charge < -0.3 is 25.6 Å². The van der Waals surface area contributed by atoms with Crippen molar-refractivity contribution < 1.29 is 18.8 Å². The summed E-state index contributed by atoms with van der Waals surface area (Å²) >= 11 is 5.61. The zero-order chi connectivity index (χ0) is 22.7. The van der Waals surface area contributed by atoms with Gasteiger partial charge in [0.25, 0.3) is 0 Å². The number of carbonyl (C=O) groups excluding carboxylic acids is 3. The highest BCUT2D eigenvalue weighted by Crippen LogP contribution is 2.42. The highest BCUT2D eigenvalue weighted by atomic mass is 32.1. The number of thiocarbonyl (C=S) groups is 1. The molecule has 4 rings (SSSR count). The van der Waals surface area contributed by atoms with Gasteiger partial charge in [0, 0.05) is 25.6 Å². The number of likely N-dealkylation sites (tertiary alicyclic amines) is 1. The Labute approximate surface area is 192 Å². The summed E-state index contributed by atoms with van der Waals surface area (Å²) in [5.74, 6) is -0.268. The standard InChI is InChI=1S/C23H29FN4O3S/c24-17-5-1-3-14(9-17)11-26-23(32)28-12-16-4-2-6-19(16)20(28)22(31)27-18(13-29)10-15-7-8-25-21(15)30/h1,3,5,9,13,15-16,18-20H,2,4,6-8,10-12H2,(H,25,30)(H,26,32)(H,27,31)/t15-,16-,18-,19+,20?/m0/s1. The van der Waals surface area contributed by atoms with Crippen LogP contribution in [0.25, 0.3) is 0 Å².